The Labute approximate surface area is 191 Å². The van der Waals surface area contributed by atoms with Crippen molar-refractivity contribution in [3.05, 3.63) is 41.7 Å². The van der Waals surface area contributed by atoms with E-state index in [0.29, 0.717) is 12.5 Å². The van der Waals surface area contributed by atoms with Crippen molar-refractivity contribution in [2.24, 2.45) is 12.0 Å². The number of aryl methyl sites for hydroxylation is 1. The third-order valence-electron chi connectivity index (χ3n) is 4.38. The molecule has 162 valence electrons. The highest BCUT2D eigenvalue weighted by atomic mass is 127. The molecule has 0 spiro atoms. The lowest BCUT2D eigenvalue weighted by Gasteiger charge is -2.22. The van der Waals surface area contributed by atoms with Crippen LogP contribution in [-0.4, -0.2) is 55.0 Å². The van der Waals surface area contributed by atoms with Gasteiger partial charge in [-0.15, -0.1) is 24.0 Å². The number of aliphatic imine (C=N–C) groups is 1. The summed E-state index contributed by atoms with van der Waals surface area (Å²) in [5.41, 5.74) is 2.36. The highest BCUT2D eigenvalue weighted by Gasteiger charge is 2.14. The van der Waals surface area contributed by atoms with Crippen molar-refractivity contribution in [2.45, 2.75) is 32.7 Å². The van der Waals surface area contributed by atoms with E-state index in [1.165, 1.54) is 5.56 Å². The second-order valence-corrected chi connectivity index (χ2v) is 7.08. The minimum Gasteiger partial charge on any atom is -0.497 e. The summed E-state index contributed by atoms with van der Waals surface area (Å²) in [4.78, 5) is 6.51. The number of halogens is 1. The fourth-order valence-corrected chi connectivity index (χ4v) is 3.03. The van der Waals surface area contributed by atoms with Crippen molar-refractivity contribution in [3.8, 4) is 11.5 Å². The third kappa shape index (κ3) is 7.75. The van der Waals surface area contributed by atoms with Crippen LogP contribution in [0.3, 0.4) is 0 Å². The van der Waals surface area contributed by atoms with Gasteiger partial charge in [0.2, 0.25) is 0 Å². The van der Waals surface area contributed by atoms with Gasteiger partial charge in [0.1, 0.15) is 11.5 Å². The van der Waals surface area contributed by atoms with E-state index in [4.69, 9.17) is 9.47 Å². The molecule has 29 heavy (non-hydrogen) atoms. The number of ether oxygens (including phenoxy) is 2. The standard InChI is InChI=1S/C21H33N5O2.HI/c1-16(2)20-17(15-26(5)24-20)14-25(4)21(22-3)23-11-8-12-28-19-10-7-9-18(13-19)27-6;/h7,9-10,13,15-16H,8,11-12,14H2,1-6H3,(H,22,23);1H. The van der Waals surface area contributed by atoms with Gasteiger partial charge >= 0.3 is 0 Å². The zero-order valence-electron chi connectivity index (χ0n) is 18.3. The Morgan fingerprint density at radius 2 is 2.03 bits per heavy atom. The second kappa shape index (κ2) is 12.6. The minimum absolute atomic E-state index is 0. The second-order valence-electron chi connectivity index (χ2n) is 7.08. The molecule has 0 amide bonds. The van der Waals surface area contributed by atoms with Gasteiger partial charge in [-0.05, 0) is 24.5 Å². The van der Waals surface area contributed by atoms with Crippen LogP contribution in [0, 0.1) is 0 Å². The van der Waals surface area contributed by atoms with Crippen LogP contribution < -0.4 is 14.8 Å². The van der Waals surface area contributed by atoms with Crippen LogP contribution in [0.2, 0.25) is 0 Å². The zero-order valence-corrected chi connectivity index (χ0v) is 20.6. The van der Waals surface area contributed by atoms with Crippen LogP contribution >= 0.6 is 24.0 Å². The minimum atomic E-state index is 0. The number of methoxy groups -OCH3 is 1. The van der Waals surface area contributed by atoms with E-state index >= 15 is 0 Å². The van der Waals surface area contributed by atoms with Gasteiger partial charge in [0.15, 0.2) is 5.96 Å². The first-order chi connectivity index (χ1) is 13.4. The van der Waals surface area contributed by atoms with Crippen molar-refractivity contribution in [3.63, 3.8) is 0 Å². The molecule has 0 atom stereocenters. The van der Waals surface area contributed by atoms with Crippen LogP contribution in [0.5, 0.6) is 11.5 Å². The maximum atomic E-state index is 5.78. The molecular formula is C21H34IN5O2. The van der Waals surface area contributed by atoms with Crippen LogP contribution in [0.25, 0.3) is 0 Å². The fourth-order valence-electron chi connectivity index (χ4n) is 3.03. The summed E-state index contributed by atoms with van der Waals surface area (Å²) in [6.45, 7) is 6.51. The van der Waals surface area contributed by atoms with Gasteiger partial charge in [-0.25, -0.2) is 0 Å². The topological polar surface area (TPSA) is 63.9 Å². The summed E-state index contributed by atoms with van der Waals surface area (Å²) < 4.78 is 12.9. The molecule has 0 saturated carbocycles. The van der Waals surface area contributed by atoms with Crippen molar-refractivity contribution in [1.29, 1.82) is 0 Å². The molecule has 0 unspecified atom stereocenters. The smallest absolute Gasteiger partial charge is 0.193 e. The van der Waals surface area contributed by atoms with Crippen LogP contribution in [0.1, 0.15) is 37.4 Å². The first kappa shape index (κ1) is 25.1. The first-order valence-corrected chi connectivity index (χ1v) is 9.65. The van der Waals surface area contributed by atoms with Crippen molar-refractivity contribution in [2.75, 3.05) is 34.4 Å². The highest BCUT2D eigenvalue weighted by Crippen LogP contribution is 2.19. The molecule has 0 fully saturated rings. The fraction of sp³-hybridized carbons (Fsp3) is 0.524. The Morgan fingerprint density at radius 3 is 2.69 bits per heavy atom. The SMILES string of the molecule is CN=C(NCCCOc1cccc(OC)c1)N(C)Cc1cn(C)nc1C(C)C.I. The van der Waals surface area contributed by atoms with Crippen molar-refractivity contribution < 1.29 is 9.47 Å². The Hall–Kier alpha value is -1.97. The molecular weight excluding hydrogens is 481 g/mol. The summed E-state index contributed by atoms with van der Waals surface area (Å²) in [5, 5.41) is 7.98. The molecule has 1 aromatic carbocycles. The van der Waals surface area contributed by atoms with Gasteiger partial charge < -0.3 is 19.7 Å². The number of hydrogen-bond acceptors (Lipinski definition) is 4. The average molecular weight is 515 g/mol. The number of benzene rings is 1. The molecule has 0 radical (unpaired) electrons. The van der Waals surface area contributed by atoms with Gasteiger partial charge in [-0.2, -0.15) is 5.10 Å². The first-order valence-electron chi connectivity index (χ1n) is 9.65. The predicted molar refractivity (Wildman–Crippen MR) is 129 cm³/mol. The van der Waals surface area contributed by atoms with E-state index in [2.05, 4.69) is 40.4 Å². The molecule has 7 nitrogen and oxygen atoms in total. The number of aromatic nitrogens is 2. The van der Waals surface area contributed by atoms with Gasteiger partial charge in [0, 0.05) is 52.1 Å². The van der Waals surface area contributed by atoms with E-state index in [-0.39, 0.29) is 24.0 Å². The average Bonchev–Trinajstić information content (AvgIpc) is 3.05. The number of rotatable bonds is 9. The Bertz CT molecular complexity index is 776. The van der Waals surface area contributed by atoms with E-state index in [0.717, 1.165) is 42.7 Å². The normalized spacial score (nSPS) is 11.2. The molecule has 1 heterocycles. The van der Waals surface area contributed by atoms with Crippen LogP contribution in [0.4, 0.5) is 0 Å². The molecule has 0 aliphatic rings. The van der Waals surface area contributed by atoms with Crippen molar-refractivity contribution >= 4 is 29.9 Å². The van der Waals surface area contributed by atoms with Crippen molar-refractivity contribution in [1.82, 2.24) is 20.0 Å². The molecule has 1 aromatic heterocycles. The molecule has 0 bridgehead atoms. The summed E-state index contributed by atoms with van der Waals surface area (Å²) in [6, 6.07) is 7.65. The number of guanidine groups is 1. The Kier molecular flexibility index (Phi) is 10.9. The lowest BCUT2D eigenvalue weighted by molar-refractivity contribution is 0.307. The highest BCUT2D eigenvalue weighted by molar-refractivity contribution is 14.0. The molecule has 0 saturated heterocycles. The van der Waals surface area contributed by atoms with Gasteiger partial charge in [0.05, 0.1) is 19.4 Å². The number of hydrogen-bond donors (Lipinski definition) is 1. The van der Waals surface area contributed by atoms with Gasteiger partial charge in [-0.1, -0.05) is 19.9 Å². The molecule has 0 aliphatic heterocycles. The summed E-state index contributed by atoms with van der Waals surface area (Å²) in [7, 11) is 7.46. The van der Waals surface area contributed by atoms with Gasteiger partial charge in [-0.3, -0.25) is 9.67 Å². The Morgan fingerprint density at radius 1 is 1.31 bits per heavy atom. The largest absolute Gasteiger partial charge is 0.497 e. The lowest BCUT2D eigenvalue weighted by Crippen LogP contribution is -2.39. The number of nitrogens with zero attached hydrogens (tertiary/aromatic N) is 4. The molecule has 1 N–H and O–H groups in total. The summed E-state index contributed by atoms with van der Waals surface area (Å²) in [6.07, 6.45) is 2.95. The van der Waals surface area contributed by atoms with Gasteiger partial charge in [0.25, 0.3) is 0 Å². The predicted octanol–water partition coefficient (Wildman–Crippen LogP) is 3.65. The molecule has 2 rings (SSSR count). The molecule has 2 aromatic rings. The quantitative estimate of drug-likeness (QED) is 0.239. The number of nitrogens with one attached hydrogen (secondary N) is 1. The van der Waals surface area contributed by atoms with Crippen LogP contribution in [0.15, 0.2) is 35.5 Å². The monoisotopic (exact) mass is 515 g/mol. The summed E-state index contributed by atoms with van der Waals surface area (Å²) >= 11 is 0. The Balaban J connectivity index is 0.00000420. The van der Waals surface area contributed by atoms with E-state index in [9.17, 15) is 0 Å². The molecule has 8 heteroatoms. The zero-order chi connectivity index (χ0) is 20.5. The van der Waals surface area contributed by atoms with E-state index in [1.807, 2.05) is 43.0 Å². The molecule has 0 aliphatic carbocycles. The maximum Gasteiger partial charge on any atom is 0.193 e. The lowest BCUT2D eigenvalue weighted by atomic mass is 10.1. The van der Waals surface area contributed by atoms with E-state index in [1.54, 1.807) is 14.2 Å². The maximum absolute atomic E-state index is 5.78. The third-order valence-corrected chi connectivity index (χ3v) is 4.38. The summed E-state index contributed by atoms with van der Waals surface area (Å²) in [5.74, 6) is 2.88. The van der Waals surface area contributed by atoms with E-state index < -0.39 is 0 Å². The van der Waals surface area contributed by atoms with Crippen LogP contribution in [-0.2, 0) is 13.6 Å².